The van der Waals surface area contributed by atoms with Gasteiger partial charge in [-0.2, -0.15) is 10.4 Å². The third-order valence-electron chi connectivity index (χ3n) is 1.47. The van der Waals surface area contributed by atoms with Crippen LogP contribution >= 0.6 is 22.6 Å². The van der Waals surface area contributed by atoms with Gasteiger partial charge in [0, 0.05) is 0 Å². The Labute approximate surface area is 81.7 Å². The minimum atomic E-state index is 0.418. The van der Waals surface area contributed by atoms with Gasteiger partial charge in [0.1, 0.15) is 26.5 Å². The minimum Gasteiger partial charge on any atom is -0.269 e. The van der Waals surface area contributed by atoms with Crippen molar-refractivity contribution in [2.75, 3.05) is 0 Å². The normalized spacial score (nSPS) is 10.0. The fourth-order valence-electron chi connectivity index (χ4n) is 0.928. The van der Waals surface area contributed by atoms with Gasteiger partial charge in [0.05, 0.1) is 0 Å². The zero-order valence-electron chi connectivity index (χ0n) is 5.87. The van der Waals surface area contributed by atoms with Crippen LogP contribution in [0.15, 0.2) is 12.1 Å². The number of nitrogens with one attached hydrogen (secondary N) is 1. The molecule has 5 heteroatoms. The van der Waals surface area contributed by atoms with Crippen LogP contribution in [-0.4, -0.2) is 15.2 Å². The molecular formula is C7H3IN4. The SMILES string of the molecule is N#Cc1ccc2n[nH]c(I)c2n1. The molecule has 0 aliphatic rings. The van der Waals surface area contributed by atoms with Crippen LogP contribution in [0, 0.1) is 15.0 Å². The molecule has 0 aliphatic heterocycles. The maximum Gasteiger partial charge on any atom is 0.141 e. The van der Waals surface area contributed by atoms with E-state index in [0.717, 1.165) is 14.7 Å². The Bertz CT molecular complexity index is 468. The van der Waals surface area contributed by atoms with Crippen molar-refractivity contribution in [3.63, 3.8) is 0 Å². The molecule has 12 heavy (non-hydrogen) atoms. The maximum atomic E-state index is 8.58. The maximum absolute atomic E-state index is 8.58. The standard InChI is InChI=1S/C7H3IN4/c8-7-6-5(11-12-7)2-1-4(3-9)10-6/h1-2H,(H,11,12). The number of halogens is 1. The van der Waals surface area contributed by atoms with Crippen molar-refractivity contribution in [2.24, 2.45) is 0 Å². The van der Waals surface area contributed by atoms with Crippen molar-refractivity contribution in [3.8, 4) is 6.07 Å². The molecule has 2 aromatic rings. The van der Waals surface area contributed by atoms with Crippen LogP contribution in [0.2, 0.25) is 0 Å². The minimum absolute atomic E-state index is 0.418. The molecule has 0 unspecified atom stereocenters. The van der Waals surface area contributed by atoms with Gasteiger partial charge in [-0.15, -0.1) is 0 Å². The van der Waals surface area contributed by atoms with Crippen LogP contribution in [0.3, 0.4) is 0 Å². The summed E-state index contributed by atoms with van der Waals surface area (Å²) in [4.78, 5) is 4.09. The molecule has 0 amide bonds. The molecule has 2 heterocycles. The molecule has 0 saturated heterocycles. The van der Waals surface area contributed by atoms with Crippen LogP contribution in [0.5, 0.6) is 0 Å². The van der Waals surface area contributed by atoms with E-state index in [1.54, 1.807) is 12.1 Å². The highest BCUT2D eigenvalue weighted by Crippen LogP contribution is 2.14. The number of nitrogens with zero attached hydrogens (tertiary/aromatic N) is 3. The number of H-pyrrole nitrogens is 1. The van der Waals surface area contributed by atoms with Gasteiger partial charge in [-0.05, 0) is 34.7 Å². The average molecular weight is 270 g/mol. The van der Waals surface area contributed by atoms with E-state index in [1.165, 1.54) is 0 Å². The van der Waals surface area contributed by atoms with E-state index in [1.807, 2.05) is 6.07 Å². The van der Waals surface area contributed by atoms with Crippen LogP contribution in [0.1, 0.15) is 5.69 Å². The number of pyridine rings is 1. The van der Waals surface area contributed by atoms with Gasteiger partial charge in [-0.3, -0.25) is 5.10 Å². The molecule has 4 nitrogen and oxygen atoms in total. The Morgan fingerprint density at radius 1 is 1.50 bits per heavy atom. The Morgan fingerprint density at radius 2 is 2.33 bits per heavy atom. The molecule has 0 atom stereocenters. The molecule has 58 valence electrons. The van der Waals surface area contributed by atoms with Crippen molar-refractivity contribution in [3.05, 3.63) is 21.5 Å². The van der Waals surface area contributed by atoms with Crippen LogP contribution in [0.4, 0.5) is 0 Å². The van der Waals surface area contributed by atoms with Crippen molar-refractivity contribution < 1.29 is 0 Å². The van der Waals surface area contributed by atoms with Crippen LogP contribution in [0.25, 0.3) is 11.0 Å². The molecule has 0 saturated carbocycles. The Hall–Kier alpha value is -1.16. The number of aromatic amines is 1. The van der Waals surface area contributed by atoms with Gasteiger partial charge >= 0.3 is 0 Å². The lowest BCUT2D eigenvalue weighted by atomic mass is 10.3. The molecular weight excluding hydrogens is 267 g/mol. The zero-order valence-corrected chi connectivity index (χ0v) is 8.03. The fraction of sp³-hybridized carbons (Fsp3) is 0. The highest BCUT2D eigenvalue weighted by Gasteiger charge is 2.03. The summed E-state index contributed by atoms with van der Waals surface area (Å²) in [6.07, 6.45) is 0. The monoisotopic (exact) mass is 270 g/mol. The quantitative estimate of drug-likeness (QED) is 0.736. The molecule has 0 bridgehead atoms. The van der Waals surface area contributed by atoms with Gasteiger partial charge in [-0.1, -0.05) is 0 Å². The molecule has 1 N–H and O–H groups in total. The third-order valence-corrected chi connectivity index (χ3v) is 2.22. The third kappa shape index (κ3) is 1.04. The molecule has 2 aromatic heterocycles. The van der Waals surface area contributed by atoms with E-state index in [9.17, 15) is 0 Å². The zero-order chi connectivity index (χ0) is 8.55. The molecule has 0 aromatic carbocycles. The number of fused-ring (bicyclic) bond motifs is 1. The summed E-state index contributed by atoms with van der Waals surface area (Å²) >= 11 is 2.10. The van der Waals surface area contributed by atoms with E-state index in [0.29, 0.717) is 5.69 Å². The first-order valence-corrected chi connectivity index (χ1v) is 4.30. The summed E-state index contributed by atoms with van der Waals surface area (Å²) in [7, 11) is 0. The van der Waals surface area contributed by atoms with E-state index < -0.39 is 0 Å². The second-order valence-electron chi connectivity index (χ2n) is 2.21. The largest absolute Gasteiger partial charge is 0.269 e. The van der Waals surface area contributed by atoms with Crippen molar-refractivity contribution >= 4 is 33.6 Å². The Balaban J connectivity index is 2.82. The predicted octanol–water partition coefficient (Wildman–Crippen LogP) is 1.43. The van der Waals surface area contributed by atoms with Gasteiger partial charge in [-0.25, -0.2) is 4.98 Å². The first-order chi connectivity index (χ1) is 5.81. The van der Waals surface area contributed by atoms with Gasteiger partial charge in [0.15, 0.2) is 0 Å². The molecule has 0 radical (unpaired) electrons. The Kier molecular flexibility index (Phi) is 1.69. The van der Waals surface area contributed by atoms with E-state index >= 15 is 0 Å². The predicted molar refractivity (Wildman–Crippen MR) is 51.3 cm³/mol. The van der Waals surface area contributed by atoms with Gasteiger partial charge in [0.2, 0.25) is 0 Å². The summed E-state index contributed by atoms with van der Waals surface area (Å²) in [5.74, 6) is 0. The van der Waals surface area contributed by atoms with Gasteiger partial charge in [0.25, 0.3) is 0 Å². The fourth-order valence-corrected chi connectivity index (χ4v) is 1.45. The highest BCUT2D eigenvalue weighted by molar-refractivity contribution is 14.1. The summed E-state index contributed by atoms with van der Waals surface area (Å²) in [5, 5.41) is 15.4. The van der Waals surface area contributed by atoms with Crippen molar-refractivity contribution in [1.29, 1.82) is 5.26 Å². The second kappa shape index (κ2) is 2.71. The summed E-state index contributed by atoms with van der Waals surface area (Å²) in [5.41, 5.74) is 1.97. The smallest absolute Gasteiger partial charge is 0.141 e. The lowest BCUT2D eigenvalue weighted by Gasteiger charge is -1.87. The second-order valence-corrected chi connectivity index (χ2v) is 3.29. The van der Waals surface area contributed by atoms with E-state index in [2.05, 4.69) is 37.8 Å². The van der Waals surface area contributed by atoms with Crippen LogP contribution in [-0.2, 0) is 0 Å². The lowest BCUT2D eigenvalue weighted by Crippen LogP contribution is -1.82. The summed E-state index contributed by atoms with van der Waals surface area (Å²) in [6.45, 7) is 0. The number of rotatable bonds is 0. The molecule has 2 rings (SSSR count). The number of hydrogen-bond donors (Lipinski definition) is 1. The lowest BCUT2D eigenvalue weighted by molar-refractivity contribution is 1.09. The van der Waals surface area contributed by atoms with Gasteiger partial charge < -0.3 is 0 Å². The highest BCUT2D eigenvalue weighted by atomic mass is 127. The number of nitriles is 1. The Morgan fingerprint density at radius 3 is 3.08 bits per heavy atom. The first-order valence-electron chi connectivity index (χ1n) is 3.22. The first kappa shape index (κ1) is 7.49. The number of aromatic nitrogens is 3. The number of hydrogen-bond acceptors (Lipinski definition) is 3. The van der Waals surface area contributed by atoms with Crippen LogP contribution < -0.4 is 0 Å². The van der Waals surface area contributed by atoms with Crippen molar-refractivity contribution in [2.45, 2.75) is 0 Å². The summed E-state index contributed by atoms with van der Waals surface area (Å²) < 4.78 is 0.861. The molecule has 0 fully saturated rings. The average Bonchev–Trinajstić information content (AvgIpc) is 2.47. The molecule has 0 aliphatic carbocycles. The topological polar surface area (TPSA) is 65.4 Å². The van der Waals surface area contributed by atoms with E-state index in [4.69, 9.17) is 5.26 Å². The molecule has 0 spiro atoms. The van der Waals surface area contributed by atoms with Crippen molar-refractivity contribution in [1.82, 2.24) is 15.2 Å². The summed E-state index contributed by atoms with van der Waals surface area (Å²) in [6, 6.07) is 5.41. The van der Waals surface area contributed by atoms with E-state index in [-0.39, 0.29) is 0 Å².